The molecule has 1 aliphatic rings. The second-order valence-electron chi connectivity index (χ2n) is 5.14. The lowest BCUT2D eigenvalue weighted by Crippen LogP contribution is -2.41. The lowest BCUT2D eigenvalue weighted by atomic mass is 9.91. The molecule has 0 aromatic heterocycles. The van der Waals surface area contributed by atoms with E-state index in [0.717, 1.165) is 22.3 Å². The number of hydrogen-bond donors (Lipinski definition) is 2. The van der Waals surface area contributed by atoms with E-state index in [1.165, 1.54) is 0 Å². The van der Waals surface area contributed by atoms with Crippen molar-refractivity contribution in [1.29, 1.82) is 0 Å². The Labute approximate surface area is 111 Å². The third-order valence-corrected chi connectivity index (χ3v) is 3.79. The van der Waals surface area contributed by atoms with Crippen LogP contribution in [0.5, 0.6) is 11.5 Å². The summed E-state index contributed by atoms with van der Waals surface area (Å²) >= 11 is 0. The van der Waals surface area contributed by atoms with Gasteiger partial charge in [0.1, 0.15) is 11.5 Å². The molecule has 1 atom stereocenters. The molecule has 0 unspecified atom stereocenters. The van der Waals surface area contributed by atoms with Gasteiger partial charge in [-0.2, -0.15) is 0 Å². The molecule has 5 nitrogen and oxygen atoms in total. The van der Waals surface area contributed by atoms with E-state index < -0.39 is 11.9 Å². The van der Waals surface area contributed by atoms with Crippen LogP contribution in [0, 0.1) is 20.8 Å². The van der Waals surface area contributed by atoms with Crippen LogP contribution in [0.2, 0.25) is 0 Å². The molecule has 0 amide bonds. The van der Waals surface area contributed by atoms with Crippen LogP contribution in [0.25, 0.3) is 0 Å². The van der Waals surface area contributed by atoms with Crippen molar-refractivity contribution < 1.29 is 24.5 Å². The average molecular weight is 266 g/mol. The molecule has 1 aliphatic heterocycles. The zero-order chi connectivity index (χ0) is 14.4. The first-order valence-corrected chi connectivity index (χ1v) is 6.17. The fourth-order valence-electron chi connectivity index (χ4n) is 2.48. The Bertz CT molecular complexity index is 550. The van der Waals surface area contributed by atoms with Crippen molar-refractivity contribution in [2.45, 2.75) is 46.3 Å². The Balaban J connectivity index is 2.49. The highest BCUT2D eigenvalue weighted by atomic mass is 16.8. The van der Waals surface area contributed by atoms with E-state index in [1.54, 1.807) is 6.92 Å². The molecule has 2 N–H and O–H groups in total. The summed E-state index contributed by atoms with van der Waals surface area (Å²) < 4.78 is 10.6. The molecule has 0 saturated heterocycles. The van der Waals surface area contributed by atoms with E-state index in [0.29, 0.717) is 18.6 Å². The van der Waals surface area contributed by atoms with Crippen LogP contribution in [0.4, 0.5) is 4.79 Å². The minimum atomic E-state index is -1.35. The second kappa shape index (κ2) is 4.33. The number of fused-ring (bicyclic) bond motifs is 1. The van der Waals surface area contributed by atoms with E-state index in [4.69, 9.17) is 14.6 Å². The lowest BCUT2D eigenvalue weighted by molar-refractivity contribution is -0.149. The van der Waals surface area contributed by atoms with E-state index in [9.17, 15) is 9.90 Å². The van der Waals surface area contributed by atoms with Crippen LogP contribution in [-0.4, -0.2) is 22.2 Å². The molecule has 0 radical (unpaired) electrons. The SMILES string of the molecule is Cc1c(C)c2c(c(C)c1O)CC[C@](C)(OC(=O)O)O2. The van der Waals surface area contributed by atoms with Crippen molar-refractivity contribution in [2.75, 3.05) is 0 Å². The summed E-state index contributed by atoms with van der Waals surface area (Å²) in [7, 11) is 0. The maximum atomic E-state index is 10.7. The first kappa shape index (κ1) is 13.5. The molecule has 0 spiro atoms. The van der Waals surface area contributed by atoms with Crippen molar-refractivity contribution in [2.24, 2.45) is 0 Å². The van der Waals surface area contributed by atoms with Gasteiger partial charge < -0.3 is 19.7 Å². The average Bonchev–Trinajstić information content (AvgIpc) is 2.32. The smallest absolute Gasteiger partial charge is 0.507 e. The van der Waals surface area contributed by atoms with Crippen LogP contribution in [-0.2, 0) is 11.2 Å². The number of carboxylic acid groups (broad SMARTS) is 1. The highest BCUT2D eigenvalue weighted by Crippen LogP contribution is 2.43. The summed E-state index contributed by atoms with van der Waals surface area (Å²) in [6.07, 6.45) is -0.315. The molecule has 1 aromatic carbocycles. The van der Waals surface area contributed by atoms with Gasteiger partial charge in [-0.1, -0.05) is 0 Å². The van der Waals surface area contributed by atoms with Crippen molar-refractivity contribution in [3.05, 3.63) is 22.3 Å². The fraction of sp³-hybridized carbons (Fsp3) is 0.500. The van der Waals surface area contributed by atoms with Crippen LogP contribution in [0.1, 0.15) is 35.6 Å². The summed E-state index contributed by atoms with van der Waals surface area (Å²) in [5, 5.41) is 18.8. The van der Waals surface area contributed by atoms with Crippen LogP contribution in [0.3, 0.4) is 0 Å². The number of phenols is 1. The molecular formula is C14H18O5. The number of rotatable bonds is 1. The van der Waals surface area contributed by atoms with E-state index in [1.807, 2.05) is 20.8 Å². The first-order valence-electron chi connectivity index (χ1n) is 6.17. The Morgan fingerprint density at radius 2 is 1.89 bits per heavy atom. The molecule has 0 bridgehead atoms. The summed E-state index contributed by atoms with van der Waals surface area (Å²) in [5.74, 6) is -0.259. The number of ether oxygens (including phenoxy) is 2. The highest BCUT2D eigenvalue weighted by Gasteiger charge is 2.37. The van der Waals surface area contributed by atoms with Crippen molar-refractivity contribution in [1.82, 2.24) is 0 Å². The summed E-state index contributed by atoms with van der Waals surface area (Å²) in [6.45, 7) is 7.11. The van der Waals surface area contributed by atoms with Gasteiger partial charge in [0.15, 0.2) is 0 Å². The molecule has 104 valence electrons. The van der Waals surface area contributed by atoms with Gasteiger partial charge in [0.05, 0.1) is 0 Å². The third kappa shape index (κ3) is 2.20. The number of aromatic hydroxyl groups is 1. The molecule has 0 saturated carbocycles. The lowest BCUT2D eigenvalue weighted by Gasteiger charge is -2.36. The summed E-state index contributed by atoms with van der Waals surface area (Å²) in [4.78, 5) is 10.7. The number of hydrogen-bond acceptors (Lipinski definition) is 4. The molecule has 1 heterocycles. The number of phenolic OH excluding ortho intramolecular Hbond substituents is 1. The summed E-state index contributed by atoms with van der Waals surface area (Å²) in [5.41, 5.74) is 3.27. The number of carbonyl (C=O) groups is 1. The van der Waals surface area contributed by atoms with Gasteiger partial charge in [-0.15, -0.1) is 0 Å². The normalized spacial score (nSPS) is 21.5. The summed E-state index contributed by atoms with van der Waals surface area (Å²) in [6, 6.07) is 0. The molecule has 0 aliphatic carbocycles. The first-order chi connectivity index (χ1) is 8.75. The molecule has 2 rings (SSSR count). The number of benzene rings is 1. The predicted octanol–water partition coefficient (Wildman–Crippen LogP) is 3.05. The van der Waals surface area contributed by atoms with Gasteiger partial charge in [0, 0.05) is 18.9 Å². The maximum absolute atomic E-state index is 10.7. The Hall–Kier alpha value is -1.91. The largest absolute Gasteiger partial charge is 0.509 e. The standard InChI is InChI=1S/C14H18O5/c1-7-8(2)12-10(9(3)11(7)15)5-6-14(4,18-12)19-13(16)17/h15H,5-6H2,1-4H3,(H,16,17)/t14-/m0/s1. The second-order valence-corrected chi connectivity index (χ2v) is 5.14. The topological polar surface area (TPSA) is 76.0 Å². The Morgan fingerprint density at radius 3 is 2.47 bits per heavy atom. The van der Waals surface area contributed by atoms with E-state index >= 15 is 0 Å². The third-order valence-electron chi connectivity index (χ3n) is 3.79. The van der Waals surface area contributed by atoms with Crippen LogP contribution >= 0.6 is 0 Å². The van der Waals surface area contributed by atoms with Crippen LogP contribution < -0.4 is 4.74 Å². The van der Waals surface area contributed by atoms with Gasteiger partial charge in [-0.25, -0.2) is 4.79 Å². The van der Waals surface area contributed by atoms with Crippen molar-refractivity contribution in [3.63, 3.8) is 0 Å². The molecule has 1 aromatic rings. The van der Waals surface area contributed by atoms with Gasteiger partial charge in [0.25, 0.3) is 5.79 Å². The van der Waals surface area contributed by atoms with Gasteiger partial charge in [-0.05, 0) is 43.9 Å². The quantitative estimate of drug-likeness (QED) is 0.764. The highest BCUT2D eigenvalue weighted by molar-refractivity contribution is 5.60. The van der Waals surface area contributed by atoms with Crippen LogP contribution in [0.15, 0.2) is 0 Å². The fourth-order valence-corrected chi connectivity index (χ4v) is 2.48. The maximum Gasteiger partial charge on any atom is 0.509 e. The van der Waals surface area contributed by atoms with Gasteiger partial charge in [-0.3, -0.25) is 0 Å². The Morgan fingerprint density at radius 1 is 1.26 bits per heavy atom. The zero-order valence-corrected chi connectivity index (χ0v) is 11.5. The molecule has 0 fully saturated rings. The van der Waals surface area contributed by atoms with Gasteiger partial charge >= 0.3 is 6.16 Å². The van der Waals surface area contributed by atoms with Crippen molar-refractivity contribution >= 4 is 6.16 Å². The Kier molecular flexibility index (Phi) is 3.08. The van der Waals surface area contributed by atoms with E-state index in [-0.39, 0.29) is 5.75 Å². The predicted molar refractivity (Wildman–Crippen MR) is 68.8 cm³/mol. The molecule has 5 heteroatoms. The monoisotopic (exact) mass is 266 g/mol. The minimum absolute atomic E-state index is 0.280. The zero-order valence-electron chi connectivity index (χ0n) is 11.5. The minimum Gasteiger partial charge on any atom is -0.507 e. The van der Waals surface area contributed by atoms with Crippen molar-refractivity contribution in [3.8, 4) is 11.5 Å². The van der Waals surface area contributed by atoms with E-state index in [2.05, 4.69) is 0 Å². The molecular weight excluding hydrogens is 248 g/mol. The van der Waals surface area contributed by atoms with Gasteiger partial charge in [0.2, 0.25) is 0 Å². The molecule has 19 heavy (non-hydrogen) atoms.